The number of aliphatic hydroxyl groups is 1. The van der Waals surface area contributed by atoms with Crippen molar-refractivity contribution in [3.05, 3.63) is 51.8 Å². The Hall–Kier alpha value is -2.73. The summed E-state index contributed by atoms with van der Waals surface area (Å²) in [5, 5.41) is 18.2. The molecule has 2 aromatic rings. The van der Waals surface area contributed by atoms with Crippen LogP contribution in [0.25, 0.3) is 0 Å². The van der Waals surface area contributed by atoms with Gasteiger partial charge in [-0.05, 0) is 49.7 Å². The number of carbonyl (C=O) groups excluding carboxylic acids is 1. The Morgan fingerprint density at radius 1 is 1.03 bits per heavy atom. The summed E-state index contributed by atoms with van der Waals surface area (Å²) in [4.78, 5) is 18.1. The molecule has 2 saturated heterocycles. The molecule has 7 nitrogen and oxygen atoms in total. The van der Waals surface area contributed by atoms with Crippen molar-refractivity contribution in [2.24, 2.45) is 0 Å². The van der Waals surface area contributed by atoms with Gasteiger partial charge in [0.2, 0.25) is 0 Å². The van der Waals surface area contributed by atoms with E-state index in [0.29, 0.717) is 18.8 Å². The van der Waals surface area contributed by atoms with E-state index in [2.05, 4.69) is 10.2 Å². The number of halogens is 5. The van der Waals surface area contributed by atoms with Gasteiger partial charge in [-0.3, -0.25) is 10.00 Å². The molecule has 0 radical (unpaired) electrons. The van der Waals surface area contributed by atoms with Crippen molar-refractivity contribution in [1.29, 1.82) is 0 Å². The molecule has 2 N–H and O–H groups in total. The first kappa shape index (κ1) is 24.9. The van der Waals surface area contributed by atoms with Crippen LogP contribution in [0.15, 0.2) is 12.1 Å². The van der Waals surface area contributed by atoms with E-state index in [1.165, 1.54) is 0 Å². The number of aromatic amines is 1. The summed E-state index contributed by atoms with van der Waals surface area (Å²) < 4.78 is 68.2. The van der Waals surface area contributed by atoms with E-state index in [0.717, 1.165) is 49.7 Å². The molecule has 0 bridgehead atoms. The maximum Gasteiger partial charge on any atom is 0.419 e. The molecule has 1 aromatic heterocycles. The number of aliphatic hydroxyl groups excluding tert-OH is 1. The number of piperidine rings is 2. The highest BCUT2D eigenvalue weighted by molar-refractivity contribution is 5.75. The van der Waals surface area contributed by atoms with E-state index in [1.54, 1.807) is 9.80 Å². The van der Waals surface area contributed by atoms with E-state index < -0.39 is 35.5 Å². The minimum absolute atomic E-state index is 0.0386. The van der Waals surface area contributed by atoms with Crippen LogP contribution in [-0.2, 0) is 19.3 Å². The zero-order valence-corrected chi connectivity index (χ0v) is 19.6. The summed E-state index contributed by atoms with van der Waals surface area (Å²) >= 11 is 0. The number of carbonyl (C=O) groups is 1. The van der Waals surface area contributed by atoms with Gasteiger partial charge in [-0.15, -0.1) is 0 Å². The monoisotopic (exact) mass is 513 g/mol. The summed E-state index contributed by atoms with van der Waals surface area (Å²) in [5.41, 5.74) is 0.0919. The van der Waals surface area contributed by atoms with Crippen molar-refractivity contribution in [1.82, 2.24) is 24.9 Å². The third-order valence-electron chi connectivity index (χ3n) is 7.51. The van der Waals surface area contributed by atoms with E-state index >= 15 is 0 Å². The number of aromatic nitrogens is 2. The second-order valence-electron chi connectivity index (χ2n) is 9.79. The van der Waals surface area contributed by atoms with Crippen LogP contribution in [0.4, 0.5) is 26.7 Å². The molecular weight excluding hydrogens is 485 g/mol. The molecular formula is C24H28F5N5O2. The number of fused-ring (bicyclic) bond motifs is 1. The Bertz CT molecular complexity index is 1120. The second-order valence-corrected chi connectivity index (χ2v) is 9.79. The Labute approximate surface area is 204 Å². The molecule has 2 amide bonds. The molecule has 0 spiro atoms. The Balaban J connectivity index is 1.26. The number of nitrogens with one attached hydrogen (secondary N) is 1. The van der Waals surface area contributed by atoms with Crippen molar-refractivity contribution in [3.63, 3.8) is 0 Å². The molecule has 2 fully saturated rings. The van der Waals surface area contributed by atoms with Crippen LogP contribution in [0.1, 0.15) is 72.3 Å². The molecule has 196 valence electrons. The third-order valence-corrected chi connectivity index (χ3v) is 7.51. The average molecular weight is 514 g/mol. The highest BCUT2D eigenvalue weighted by Crippen LogP contribution is 2.41. The third kappa shape index (κ3) is 4.68. The van der Waals surface area contributed by atoms with Crippen LogP contribution >= 0.6 is 0 Å². The van der Waals surface area contributed by atoms with E-state index in [-0.39, 0.29) is 43.6 Å². The van der Waals surface area contributed by atoms with Gasteiger partial charge in [0.15, 0.2) is 6.23 Å². The number of likely N-dealkylation sites (tertiary alicyclic amines) is 2. The van der Waals surface area contributed by atoms with Gasteiger partial charge in [0, 0.05) is 37.8 Å². The Kier molecular flexibility index (Phi) is 6.67. The van der Waals surface area contributed by atoms with Crippen LogP contribution in [0.3, 0.4) is 0 Å². The van der Waals surface area contributed by atoms with E-state index in [9.17, 15) is 31.9 Å². The molecule has 1 aromatic carbocycles. The summed E-state index contributed by atoms with van der Waals surface area (Å²) in [6.07, 6.45) is -2.58. The van der Waals surface area contributed by atoms with Gasteiger partial charge >= 0.3 is 12.2 Å². The molecule has 0 saturated carbocycles. The fourth-order valence-electron chi connectivity index (χ4n) is 5.64. The number of hydrogen-bond acceptors (Lipinski definition) is 4. The predicted octanol–water partition coefficient (Wildman–Crippen LogP) is 4.50. The lowest BCUT2D eigenvalue weighted by atomic mass is 9.85. The first-order valence-electron chi connectivity index (χ1n) is 12.2. The SMILES string of the molecule is O=C(N1CCCCC1)N1Cc2[nH]nc(C(O)N3CCC(c4cc(F)cc(F)c4C(F)(F)F)CC3)c2C1. The van der Waals surface area contributed by atoms with Crippen molar-refractivity contribution < 1.29 is 31.9 Å². The number of benzene rings is 1. The predicted molar refractivity (Wildman–Crippen MR) is 119 cm³/mol. The van der Waals surface area contributed by atoms with Crippen molar-refractivity contribution in [2.75, 3.05) is 26.2 Å². The molecule has 1 atom stereocenters. The molecule has 3 aliphatic rings. The van der Waals surface area contributed by atoms with Crippen LogP contribution in [0, 0.1) is 11.6 Å². The molecule has 1 unspecified atom stereocenters. The van der Waals surface area contributed by atoms with Gasteiger partial charge in [0.05, 0.1) is 24.3 Å². The highest BCUT2D eigenvalue weighted by atomic mass is 19.4. The van der Waals surface area contributed by atoms with Crippen LogP contribution in [0.2, 0.25) is 0 Å². The maximum absolute atomic E-state index is 14.0. The smallest absolute Gasteiger partial charge is 0.372 e. The van der Waals surface area contributed by atoms with Crippen LogP contribution in [0.5, 0.6) is 0 Å². The largest absolute Gasteiger partial charge is 0.419 e. The quantitative estimate of drug-likeness (QED) is 0.593. The zero-order chi connectivity index (χ0) is 25.6. The van der Waals surface area contributed by atoms with Gasteiger partial charge in [0.25, 0.3) is 0 Å². The number of nitrogens with zero attached hydrogens (tertiary/aromatic N) is 4. The lowest BCUT2D eigenvalue weighted by Gasteiger charge is -2.35. The number of alkyl halides is 3. The molecule has 0 aliphatic carbocycles. The normalized spacial score (nSPS) is 20.6. The van der Waals surface area contributed by atoms with Crippen molar-refractivity contribution >= 4 is 6.03 Å². The lowest BCUT2D eigenvalue weighted by molar-refractivity contribution is -0.141. The standard InChI is InChI=1S/C24H28F5N5O2/c25-15-10-16(20(18(26)11-15)24(27,28)29)14-4-8-32(9-5-14)22(35)21-17-12-34(13-19(17)30-31-21)23(36)33-6-2-1-3-7-33/h10-11,14,22,35H,1-9,12-13H2,(H,30,31). The summed E-state index contributed by atoms with van der Waals surface area (Å²) in [7, 11) is 0. The first-order chi connectivity index (χ1) is 17.1. The average Bonchev–Trinajstić information content (AvgIpc) is 3.43. The fraction of sp³-hybridized carbons (Fsp3) is 0.583. The van der Waals surface area contributed by atoms with Crippen molar-refractivity contribution in [3.8, 4) is 0 Å². The zero-order valence-electron chi connectivity index (χ0n) is 19.6. The lowest BCUT2D eigenvalue weighted by Crippen LogP contribution is -2.43. The van der Waals surface area contributed by atoms with Gasteiger partial charge in [-0.25, -0.2) is 13.6 Å². The van der Waals surface area contributed by atoms with Gasteiger partial charge in [0.1, 0.15) is 17.3 Å². The topological polar surface area (TPSA) is 75.7 Å². The van der Waals surface area contributed by atoms with Gasteiger partial charge in [-0.2, -0.15) is 18.3 Å². The number of hydrogen-bond donors (Lipinski definition) is 2. The van der Waals surface area contributed by atoms with Crippen LogP contribution in [-0.4, -0.2) is 62.2 Å². The van der Waals surface area contributed by atoms with E-state index in [1.807, 2.05) is 4.90 Å². The van der Waals surface area contributed by atoms with Crippen molar-refractivity contribution in [2.45, 2.75) is 63.5 Å². The first-order valence-corrected chi connectivity index (χ1v) is 12.2. The molecule has 36 heavy (non-hydrogen) atoms. The van der Waals surface area contributed by atoms with Gasteiger partial charge in [-0.1, -0.05) is 0 Å². The highest BCUT2D eigenvalue weighted by Gasteiger charge is 2.41. The Morgan fingerprint density at radius 3 is 2.39 bits per heavy atom. The Morgan fingerprint density at radius 2 is 1.72 bits per heavy atom. The molecule has 4 heterocycles. The summed E-state index contributed by atoms with van der Waals surface area (Å²) in [6, 6.07) is 0.975. The maximum atomic E-state index is 14.0. The number of H-pyrrole nitrogens is 1. The summed E-state index contributed by atoms with van der Waals surface area (Å²) in [5.74, 6) is -3.36. The minimum atomic E-state index is -4.93. The number of urea groups is 1. The summed E-state index contributed by atoms with van der Waals surface area (Å²) in [6.45, 7) is 2.60. The number of amides is 2. The van der Waals surface area contributed by atoms with Crippen LogP contribution < -0.4 is 0 Å². The molecule has 5 rings (SSSR count). The fourth-order valence-corrected chi connectivity index (χ4v) is 5.64. The number of rotatable bonds is 3. The second kappa shape index (κ2) is 9.62. The molecule has 12 heteroatoms. The van der Waals surface area contributed by atoms with Gasteiger partial charge < -0.3 is 14.9 Å². The molecule has 3 aliphatic heterocycles. The minimum Gasteiger partial charge on any atom is -0.372 e. The van der Waals surface area contributed by atoms with E-state index in [4.69, 9.17) is 0 Å².